The molecule has 6 aromatic rings. The number of rotatable bonds is 0. The van der Waals surface area contributed by atoms with Crippen LogP contribution in [0.3, 0.4) is 0 Å². The van der Waals surface area contributed by atoms with E-state index in [0.717, 1.165) is 43.8 Å². The van der Waals surface area contributed by atoms with E-state index in [1.165, 1.54) is 0 Å². The summed E-state index contributed by atoms with van der Waals surface area (Å²) in [6, 6.07) is 19.2. The van der Waals surface area contributed by atoms with Gasteiger partial charge in [0.2, 0.25) is 5.91 Å². The van der Waals surface area contributed by atoms with Gasteiger partial charge in [-0.2, -0.15) is 0 Å². The minimum Gasteiger partial charge on any atom is -0.273 e. The first-order valence-corrected chi connectivity index (χ1v) is 10.6. The molecule has 0 saturated carbocycles. The summed E-state index contributed by atoms with van der Waals surface area (Å²) >= 11 is 0. The van der Waals surface area contributed by atoms with Crippen LogP contribution in [0, 0.1) is 0 Å². The summed E-state index contributed by atoms with van der Waals surface area (Å²) in [6.07, 6.45) is 2.65. The number of fused-ring (bicyclic) bond motifs is 8. The SMILES string of the molecule is O=C1C2CC=c3c4c2c(ccc4c(=O)n2c3nc3ccccc32)-c2nc3ccccc3n21. The Morgan fingerprint density at radius 1 is 0.844 bits per heavy atom. The van der Waals surface area contributed by atoms with Gasteiger partial charge in [0.05, 0.1) is 28.0 Å². The molecule has 1 aliphatic carbocycles. The predicted molar refractivity (Wildman–Crippen MR) is 123 cm³/mol. The summed E-state index contributed by atoms with van der Waals surface area (Å²) in [4.78, 5) is 36.8. The molecule has 1 atom stereocenters. The quantitative estimate of drug-likeness (QED) is 0.380. The minimum absolute atomic E-state index is 0.0106. The zero-order valence-electron chi connectivity index (χ0n) is 16.7. The summed E-state index contributed by atoms with van der Waals surface area (Å²) in [5.74, 6) is 0.326. The van der Waals surface area contributed by atoms with Crippen molar-refractivity contribution in [3.63, 3.8) is 0 Å². The van der Waals surface area contributed by atoms with Crippen LogP contribution < -0.4 is 10.8 Å². The van der Waals surface area contributed by atoms with Gasteiger partial charge in [-0.15, -0.1) is 0 Å². The first-order valence-electron chi connectivity index (χ1n) is 10.6. The van der Waals surface area contributed by atoms with Crippen molar-refractivity contribution in [1.29, 1.82) is 0 Å². The third kappa shape index (κ3) is 1.71. The molecule has 3 aromatic carbocycles. The Morgan fingerprint density at radius 3 is 2.44 bits per heavy atom. The highest BCUT2D eigenvalue weighted by molar-refractivity contribution is 6.08. The van der Waals surface area contributed by atoms with Gasteiger partial charge in [0.15, 0.2) is 0 Å². The molecule has 0 fully saturated rings. The molecular weight excluding hydrogens is 400 g/mol. The van der Waals surface area contributed by atoms with Crippen molar-refractivity contribution in [2.24, 2.45) is 0 Å². The lowest BCUT2D eigenvalue weighted by Crippen LogP contribution is -2.32. The molecule has 1 aliphatic heterocycles. The first-order chi connectivity index (χ1) is 15.7. The van der Waals surface area contributed by atoms with Crippen LogP contribution in [0.15, 0.2) is 65.5 Å². The molecule has 2 aliphatic rings. The van der Waals surface area contributed by atoms with Crippen LogP contribution in [0.25, 0.3) is 56.0 Å². The fourth-order valence-corrected chi connectivity index (χ4v) is 5.65. The van der Waals surface area contributed by atoms with Gasteiger partial charge in [-0.3, -0.25) is 18.6 Å². The van der Waals surface area contributed by atoms with Crippen molar-refractivity contribution in [3.05, 3.63) is 81.8 Å². The van der Waals surface area contributed by atoms with Gasteiger partial charge < -0.3 is 0 Å². The highest BCUT2D eigenvalue weighted by atomic mass is 16.2. The number of aromatic nitrogens is 4. The van der Waals surface area contributed by atoms with E-state index in [1.54, 1.807) is 8.97 Å². The zero-order valence-corrected chi connectivity index (χ0v) is 16.7. The normalized spacial score (nSPS) is 16.8. The maximum absolute atomic E-state index is 13.7. The van der Waals surface area contributed by atoms with E-state index >= 15 is 0 Å². The molecule has 0 bridgehead atoms. The van der Waals surface area contributed by atoms with Crippen molar-refractivity contribution in [2.75, 3.05) is 0 Å². The molecule has 0 saturated heterocycles. The van der Waals surface area contributed by atoms with Gasteiger partial charge in [0.25, 0.3) is 5.56 Å². The molecule has 150 valence electrons. The number of hydrogen-bond acceptors (Lipinski definition) is 4. The number of benzene rings is 3. The van der Waals surface area contributed by atoms with Crippen molar-refractivity contribution < 1.29 is 4.79 Å². The fourth-order valence-electron chi connectivity index (χ4n) is 5.65. The monoisotopic (exact) mass is 414 g/mol. The van der Waals surface area contributed by atoms with Crippen LogP contribution in [-0.4, -0.2) is 24.8 Å². The average Bonchev–Trinajstić information content (AvgIpc) is 3.40. The Hall–Kier alpha value is -4.32. The van der Waals surface area contributed by atoms with Crippen molar-refractivity contribution in [3.8, 4) is 11.4 Å². The van der Waals surface area contributed by atoms with E-state index in [-0.39, 0.29) is 17.4 Å². The first kappa shape index (κ1) is 16.4. The third-order valence-corrected chi connectivity index (χ3v) is 6.98. The number of hydrogen-bond donors (Lipinski definition) is 0. The van der Waals surface area contributed by atoms with Gasteiger partial charge in [0, 0.05) is 21.6 Å². The summed E-state index contributed by atoms with van der Waals surface area (Å²) in [5.41, 5.74) is 5.61. The molecule has 0 N–H and O–H groups in total. The number of para-hydroxylation sites is 4. The number of carbonyl (C=O) groups is 1. The lowest BCUT2D eigenvalue weighted by molar-refractivity contribution is 0.0882. The zero-order chi connectivity index (χ0) is 21.1. The molecule has 0 spiro atoms. The van der Waals surface area contributed by atoms with Crippen molar-refractivity contribution in [1.82, 2.24) is 18.9 Å². The predicted octanol–water partition coefficient (Wildman–Crippen LogP) is 3.66. The van der Waals surface area contributed by atoms with Gasteiger partial charge >= 0.3 is 0 Å². The van der Waals surface area contributed by atoms with E-state index < -0.39 is 0 Å². The molecule has 32 heavy (non-hydrogen) atoms. The minimum atomic E-state index is -0.336. The molecule has 0 amide bonds. The van der Waals surface area contributed by atoms with E-state index in [4.69, 9.17) is 9.97 Å². The smallest absolute Gasteiger partial charge is 0.264 e. The third-order valence-electron chi connectivity index (χ3n) is 6.98. The van der Waals surface area contributed by atoms with Gasteiger partial charge in [-0.1, -0.05) is 36.4 Å². The van der Waals surface area contributed by atoms with Gasteiger partial charge in [-0.25, -0.2) is 9.97 Å². The molecule has 8 rings (SSSR count). The van der Waals surface area contributed by atoms with Crippen molar-refractivity contribution in [2.45, 2.75) is 12.3 Å². The Kier molecular flexibility index (Phi) is 2.71. The fraction of sp³-hybridized carbons (Fsp3) is 0.0769. The maximum Gasteiger partial charge on any atom is 0.264 e. The summed E-state index contributed by atoms with van der Waals surface area (Å²) < 4.78 is 3.45. The lowest BCUT2D eigenvalue weighted by atomic mass is 9.80. The van der Waals surface area contributed by atoms with Gasteiger partial charge in [0.1, 0.15) is 11.5 Å². The van der Waals surface area contributed by atoms with Crippen LogP contribution in [-0.2, 0) is 0 Å². The average molecular weight is 414 g/mol. The van der Waals surface area contributed by atoms with E-state index in [0.29, 0.717) is 23.3 Å². The number of nitrogens with zero attached hydrogens (tertiary/aromatic N) is 4. The topological polar surface area (TPSA) is 69.3 Å². The van der Waals surface area contributed by atoms with Crippen LogP contribution >= 0.6 is 0 Å². The summed E-state index contributed by atoms with van der Waals surface area (Å²) in [6.45, 7) is 0. The molecule has 6 heteroatoms. The number of carbonyl (C=O) groups excluding carboxylic acids is 1. The molecule has 3 aromatic heterocycles. The summed E-state index contributed by atoms with van der Waals surface area (Å²) in [7, 11) is 0. The van der Waals surface area contributed by atoms with E-state index in [9.17, 15) is 9.59 Å². The largest absolute Gasteiger partial charge is 0.273 e. The van der Waals surface area contributed by atoms with E-state index in [2.05, 4.69) is 6.08 Å². The second-order valence-corrected chi connectivity index (χ2v) is 8.52. The Bertz CT molecular complexity index is 1960. The highest BCUT2D eigenvalue weighted by Crippen LogP contribution is 2.43. The molecular formula is C26H14N4O2. The number of imidazole rings is 2. The van der Waals surface area contributed by atoms with E-state index in [1.807, 2.05) is 60.7 Å². The standard InChI is InChI=1S/C26H14N4O2/c31-25-15-12-10-14-22-16(26(32)30-20-8-4-2-6-18(20)28-24(14)30)11-9-13(21(15)22)23-27-17-5-1-3-7-19(17)29(23)25/h1-11,15H,12H2. The van der Waals surface area contributed by atoms with Crippen LogP contribution in [0.5, 0.6) is 0 Å². The van der Waals surface area contributed by atoms with Crippen molar-refractivity contribution >= 4 is 50.5 Å². The number of pyridine rings is 1. The van der Waals surface area contributed by atoms with Crippen LogP contribution in [0.1, 0.15) is 22.7 Å². The maximum atomic E-state index is 13.7. The Morgan fingerprint density at radius 2 is 1.59 bits per heavy atom. The molecule has 6 nitrogen and oxygen atoms in total. The Labute approximate surface area is 180 Å². The second kappa shape index (κ2) is 5.29. The Balaban J connectivity index is 1.61. The molecule has 0 radical (unpaired) electrons. The van der Waals surface area contributed by atoms with Crippen LogP contribution in [0.2, 0.25) is 0 Å². The molecule has 1 unspecified atom stereocenters. The highest BCUT2D eigenvalue weighted by Gasteiger charge is 2.37. The summed E-state index contributed by atoms with van der Waals surface area (Å²) in [5, 5.41) is 2.40. The lowest BCUT2D eigenvalue weighted by Gasteiger charge is -2.28. The van der Waals surface area contributed by atoms with Crippen LogP contribution in [0.4, 0.5) is 0 Å². The second-order valence-electron chi connectivity index (χ2n) is 8.52. The van der Waals surface area contributed by atoms with Gasteiger partial charge in [-0.05, 0) is 42.3 Å². The molecule has 4 heterocycles.